The minimum atomic E-state index is -0.0907. The summed E-state index contributed by atoms with van der Waals surface area (Å²) in [6.45, 7) is 2.28. The summed E-state index contributed by atoms with van der Waals surface area (Å²) in [5.41, 5.74) is 11.4. The van der Waals surface area contributed by atoms with E-state index in [1.807, 2.05) is 41.3 Å². The van der Waals surface area contributed by atoms with Crippen LogP contribution in [0.25, 0.3) is 10.2 Å². The summed E-state index contributed by atoms with van der Waals surface area (Å²) in [6.07, 6.45) is 3.19. The van der Waals surface area contributed by atoms with Gasteiger partial charge < -0.3 is 5.73 Å². The van der Waals surface area contributed by atoms with E-state index in [4.69, 9.17) is 10.7 Å². The minimum Gasteiger partial charge on any atom is -0.397 e. The van der Waals surface area contributed by atoms with Gasteiger partial charge in [0.25, 0.3) is 5.91 Å². The number of nitrogen functional groups attached to an aromatic ring is 1. The molecule has 2 N–H and O–H groups in total. The highest BCUT2D eigenvalue weighted by atomic mass is 32.2. The first-order valence-electron chi connectivity index (χ1n) is 10.5. The molecule has 0 saturated heterocycles. The monoisotopic (exact) mass is 443 g/mol. The molecule has 6 heteroatoms. The van der Waals surface area contributed by atoms with Crippen LogP contribution in [0.1, 0.15) is 34.3 Å². The molecule has 0 saturated carbocycles. The first-order chi connectivity index (χ1) is 15.1. The molecule has 1 aliphatic carbocycles. The van der Waals surface area contributed by atoms with Crippen LogP contribution in [0.15, 0.2) is 64.4 Å². The highest BCUT2D eigenvalue weighted by Crippen LogP contribution is 2.49. The smallest absolute Gasteiger partial charge is 0.275 e. The summed E-state index contributed by atoms with van der Waals surface area (Å²) in [5.74, 6) is 0.568. The Bertz CT molecular complexity index is 1310. The summed E-state index contributed by atoms with van der Waals surface area (Å²) in [6, 6.07) is 18.2. The molecule has 2 aromatic heterocycles. The number of thiophene rings is 1. The van der Waals surface area contributed by atoms with Crippen molar-refractivity contribution < 1.29 is 4.79 Å². The van der Waals surface area contributed by atoms with Gasteiger partial charge in [-0.3, -0.25) is 9.69 Å². The maximum absolute atomic E-state index is 13.9. The zero-order valence-corrected chi connectivity index (χ0v) is 18.7. The molecule has 1 aliphatic heterocycles. The zero-order valence-electron chi connectivity index (χ0n) is 17.1. The number of amides is 1. The summed E-state index contributed by atoms with van der Waals surface area (Å²) in [7, 11) is 0. The van der Waals surface area contributed by atoms with Gasteiger partial charge in [-0.05, 0) is 61.1 Å². The number of aryl methyl sites for hydroxylation is 1. The van der Waals surface area contributed by atoms with E-state index in [9.17, 15) is 4.79 Å². The summed E-state index contributed by atoms with van der Waals surface area (Å²) >= 11 is 3.11. The number of hydrogen-bond donors (Lipinski definition) is 1. The third-order valence-corrected chi connectivity index (χ3v) is 8.40. The van der Waals surface area contributed by atoms with E-state index < -0.39 is 0 Å². The number of aromatic nitrogens is 1. The lowest BCUT2D eigenvalue weighted by Crippen LogP contribution is -2.28. The number of fused-ring (bicyclic) bond motifs is 4. The Balaban J connectivity index is 1.50. The lowest BCUT2D eigenvalue weighted by atomic mass is 9.87. The van der Waals surface area contributed by atoms with Crippen LogP contribution in [0.5, 0.6) is 0 Å². The topological polar surface area (TPSA) is 59.2 Å². The van der Waals surface area contributed by atoms with Crippen molar-refractivity contribution in [3.8, 4) is 0 Å². The van der Waals surface area contributed by atoms with E-state index in [0.717, 1.165) is 56.3 Å². The molecule has 0 spiro atoms. The van der Waals surface area contributed by atoms with Crippen molar-refractivity contribution in [2.75, 3.05) is 10.6 Å². The van der Waals surface area contributed by atoms with Crippen LogP contribution >= 0.6 is 23.1 Å². The van der Waals surface area contributed by atoms with Crippen LogP contribution in [0.4, 0.5) is 17.1 Å². The first-order valence-corrected chi connectivity index (χ1v) is 12.1. The average molecular weight is 444 g/mol. The Kier molecular flexibility index (Phi) is 4.33. The van der Waals surface area contributed by atoms with Crippen molar-refractivity contribution in [3.05, 3.63) is 70.7 Å². The van der Waals surface area contributed by atoms with Crippen molar-refractivity contribution in [2.24, 2.45) is 5.92 Å². The fraction of sp³-hybridized carbons (Fsp3) is 0.200. The quantitative estimate of drug-likeness (QED) is 0.367. The van der Waals surface area contributed by atoms with E-state index in [1.165, 1.54) is 16.9 Å². The van der Waals surface area contributed by atoms with Gasteiger partial charge in [-0.15, -0.1) is 11.3 Å². The molecular formula is C25H21N3OS2. The van der Waals surface area contributed by atoms with Crippen LogP contribution in [-0.2, 0) is 12.8 Å². The van der Waals surface area contributed by atoms with E-state index in [0.29, 0.717) is 16.5 Å². The normalized spacial score (nSPS) is 17.2. The van der Waals surface area contributed by atoms with Crippen LogP contribution in [0.3, 0.4) is 0 Å². The number of anilines is 3. The van der Waals surface area contributed by atoms with Gasteiger partial charge in [0.2, 0.25) is 0 Å². The molecule has 6 rings (SSSR count). The van der Waals surface area contributed by atoms with Crippen molar-refractivity contribution in [1.82, 2.24) is 4.98 Å². The fourth-order valence-corrected chi connectivity index (χ4v) is 6.64. The minimum absolute atomic E-state index is 0.0907. The summed E-state index contributed by atoms with van der Waals surface area (Å²) in [4.78, 5) is 24.2. The average Bonchev–Trinajstić information content (AvgIpc) is 3.11. The van der Waals surface area contributed by atoms with Gasteiger partial charge in [-0.1, -0.05) is 43.0 Å². The summed E-state index contributed by atoms with van der Waals surface area (Å²) in [5, 5.41) is 0.911. The maximum atomic E-state index is 13.9. The second-order valence-corrected chi connectivity index (χ2v) is 10.4. The number of pyridine rings is 1. The van der Waals surface area contributed by atoms with Gasteiger partial charge in [0.05, 0.1) is 17.1 Å². The Labute approximate surface area is 189 Å². The van der Waals surface area contributed by atoms with Gasteiger partial charge in [0, 0.05) is 20.9 Å². The number of benzene rings is 2. The SMILES string of the molecule is C[C@@H]1CCc2nc3sc(C(=O)N4c5ccccc5Sc5ccccc54)c(N)c3cc2C1. The standard InChI is InChI=1S/C25H21N3OS2/c1-14-10-11-17-15(12-14)13-16-22(26)23(31-24(16)27-17)25(29)28-18-6-2-4-8-20(18)30-21-9-5-3-7-19(21)28/h2-9,13-14H,10-12,26H2,1H3/t14-/m1/s1. The van der Waals surface area contributed by atoms with Crippen molar-refractivity contribution in [2.45, 2.75) is 36.0 Å². The molecule has 2 aliphatic rings. The largest absolute Gasteiger partial charge is 0.397 e. The predicted molar refractivity (Wildman–Crippen MR) is 129 cm³/mol. The molecule has 4 nitrogen and oxygen atoms in total. The number of carbonyl (C=O) groups excluding carboxylic acids is 1. The Morgan fingerprint density at radius 1 is 1.10 bits per heavy atom. The number of rotatable bonds is 1. The molecule has 0 radical (unpaired) electrons. The predicted octanol–water partition coefficient (Wildman–Crippen LogP) is 6.45. The molecule has 1 atom stereocenters. The second-order valence-electron chi connectivity index (χ2n) is 8.32. The number of nitrogens with two attached hydrogens (primary N) is 1. The molecule has 0 fully saturated rings. The first kappa shape index (κ1) is 18.9. The lowest BCUT2D eigenvalue weighted by molar-refractivity contribution is 0.100. The van der Waals surface area contributed by atoms with E-state index >= 15 is 0 Å². The Morgan fingerprint density at radius 3 is 2.48 bits per heavy atom. The van der Waals surface area contributed by atoms with E-state index in [1.54, 1.807) is 11.8 Å². The van der Waals surface area contributed by atoms with Gasteiger partial charge >= 0.3 is 0 Å². The Morgan fingerprint density at radius 2 is 1.77 bits per heavy atom. The highest BCUT2D eigenvalue weighted by Gasteiger charge is 2.31. The lowest BCUT2D eigenvalue weighted by Gasteiger charge is -2.30. The van der Waals surface area contributed by atoms with Crippen LogP contribution in [0, 0.1) is 5.92 Å². The number of nitrogens with zero attached hydrogens (tertiary/aromatic N) is 2. The highest BCUT2D eigenvalue weighted by molar-refractivity contribution is 7.99. The molecule has 31 heavy (non-hydrogen) atoms. The van der Waals surface area contributed by atoms with E-state index in [2.05, 4.69) is 25.1 Å². The fourth-order valence-electron chi connectivity index (χ4n) is 4.56. The molecule has 0 bridgehead atoms. The molecule has 154 valence electrons. The molecular weight excluding hydrogens is 422 g/mol. The van der Waals surface area contributed by atoms with Crippen molar-refractivity contribution in [1.29, 1.82) is 0 Å². The molecule has 2 aromatic carbocycles. The third kappa shape index (κ3) is 2.97. The van der Waals surface area contributed by atoms with Gasteiger partial charge in [-0.25, -0.2) is 4.98 Å². The number of hydrogen-bond acceptors (Lipinski definition) is 5. The van der Waals surface area contributed by atoms with Gasteiger partial charge in [0.15, 0.2) is 0 Å². The molecule has 1 amide bonds. The van der Waals surface area contributed by atoms with Crippen molar-refractivity contribution in [3.63, 3.8) is 0 Å². The van der Waals surface area contributed by atoms with Crippen molar-refractivity contribution >= 4 is 56.3 Å². The second kappa shape index (κ2) is 7.11. The van der Waals surface area contributed by atoms with Gasteiger partial charge in [0.1, 0.15) is 9.71 Å². The van der Waals surface area contributed by atoms with Crippen LogP contribution in [-0.4, -0.2) is 10.9 Å². The maximum Gasteiger partial charge on any atom is 0.275 e. The molecule has 0 unspecified atom stereocenters. The summed E-state index contributed by atoms with van der Waals surface area (Å²) < 4.78 is 0. The molecule has 4 aromatic rings. The van der Waals surface area contributed by atoms with Crippen LogP contribution < -0.4 is 10.6 Å². The third-order valence-electron chi connectivity index (χ3n) is 6.16. The Hall–Kier alpha value is -2.83. The number of para-hydroxylation sites is 2. The zero-order chi connectivity index (χ0) is 21.1. The van der Waals surface area contributed by atoms with Gasteiger partial charge in [-0.2, -0.15) is 0 Å². The number of carbonyl (C=O) groups is 1. The molecule has 3 heterocycles. The van der Waals surface area contributed by atoms with E-state index in [-0.39, 0.29) is 5.91 Å². The van der Waals surface area contributed by atoms with Crippen LogP contribution in [0.2, 0.25) is 0 Å².